The quantitative estimate of drug-likeness (QED) is 0.517. The van der Waals surface area contributed by atoms with Gasteiger partial charge in [0, 0.05) is 22.5 Å². The van der Waals surface area contributed by atoms with Crippen molar-refractivity contribution in [2.75, 3.05) is 5.32 Å². The van der Waals surface area contributed by atoms with Crippen molar-refractivity contribution < 1.29 is 4.79 Å². The second kappa shape index (κ2) is 7.48. The number of carbonyl (C=O) groups excluding carboxylic acids is 1. The maximum Gasteiger partial charge on any atom is 0.259 e. The van der Waals surface area contributed by atoms with Gasteiger partial charge < -0.3 is 5.32 Å². The topological polar surface area (TPSA) is 46.9 Å². The van der Waals surface area contributed by atoms with Crippen LogP contribution in [0.2, 0.25) is 5.02 Å². The molecule has 0 aliphatic carbocycles. The predicted molar refractivity (Wildman–Crippen MR) is 108 cm³/mol. The number of hydrogen-bond donors (Lipinski definition) is 1. The number of amides is 1. The van der Waals surface area contributed by atoms with E-state index in [1.807, 2.05) is 60.7 Å². The van der Waals surface area contributed by atoms with Crippen LogP contribution in [0.1, 0.15) is 10.4 Å². The van der Waals surface area contributed by atoms with Gasteiger partial charge in [-0.1, -0.05) is 60.1 Å². The van der Waals surface area contributed by atoms with E-state index in [0.29, 0.717) is 22.0 Å². The number of aromatic nitrogens is 2. The third-order valence-corrected chi connectivity index (χ3v) is 4.38. The van der Waals surface area contributed by atoms with Gasteiger partial charge in [-0.25, -0.2) is 4.68 Å². The minimum atomic E-state index is -0.224. The lowest BCUT2D eigenvalue weighted by atomic mass is 10.1. The van der Waals surface area contributed by atoms with Crippen LogP contribution in [0, 0.1) is 0 Å². The van der Waals surface area contributed by atoms with Gasteiger partial charge in [0.15, 0.2) is 0 Å². The first-order valence-electron chi connectivity index (χ1n) is 8.48. The first-order chi connectivity index (χ1) is 13.2. The van der Waals surface area contributed by atoms with E-state index in [0.717, 1.165) is 11.3 Å². The Labute approximate surface area is 162 Å². The minimum absolute atomic E-state index is 0.224. The average molecular weight is 374 g/mol. The Bertz CT molecular complexity index is 1060. The molecule has 0 saturated heterocycles. The van der Waals surface area contributed by atoms with Crippen molar-refractivity contribution in [2.24, 2.45) is 0 Å². The molecule has 1 heterocycles. The summed E-state index contributed by atoms with van der Waals surface area (Å²) in [5.41, 5.74) is 3.58. The molecule has 4 aromatic rings. The molecular formula is C22H16ClN3O. The van der Waals surface area contributed by atoms with Gasteiger partial charge in [0.2, 0.25) is 0 Å². The molecule has 0 unspecified atom stereocenters. The van der Waals surface area contributed by atoms with Crippen molar-refractivity contribution in [3.8, 4) is 16.9 Å². The third-order valence-electron chi connectivity index (χ3n) is 4.13. The van der Waals surface area contributed by atoms with Gasteiger partial charge >= 0.3 is 0 Å². The number of para-hydroxylation sites is 1. The highest BCUT2D eigenvalue weighted by Crippen LogP contribution is 2.25. The zero-order valence-corrected chi connectivity index (χ0v) is 15.1. The molecule has 0 bridgehead atoms. The van der Waals surface area contributed by atoms with Gasteiger partial charge in [-0.05, 0) is 36.4 Å². The van der Waals surface area contributed by atoms with Crippen LogP contribution in [0.25, 0.3) is 16.9 Å². The number of nitrogens with zero attached hydrogens (tertiary/aromatic N) is 2. The molecule has 3 aromatic carbocycles. The van der Waals surface area contributed by atoms with Crippen LogP contribution in [0.15, 0.2) is 91.1 Å². The Hall–Kier alpha value is -3.37. The Morgan fingerprint density at radius 1 is 0.852 bits per heavy atom. The maximum absolute atomic E-state index is 12.9. The number of anilines is 1. The second-order valence-corrected chi connectivity index (χ2v) is 6.43. The van der Waals surface area contributed by atoms with Crippen LogP contribution >= 0.6 is 11.6 Å². The summed E-state index contributed by atoms with van der Waals surface area (Å²) in [6.07, 6.45) is 1.75. The van der Waals surface area contributed by atoms with Crippen molar-refractivity contribution in [1.82, 2.24) is 9.78 Å². The maximum atomic E-state index is 12.9. The van der Waals surface area contributed by atoms with Crippen molar-refractivity contribution in [1.29, 1.82) is 0 Å². The highest BCUT2D eigenvalue weighted by atomic mass is 35.5. The molecule has 0 spiro atoms. The molecule has 27 heavy (non-hydrogen) atoms. The summed E-state index contributed by atoms with van der Waals surface area (Å²) < 4.78 is 1.72. The van der Waals surface area contributed by atoms with Crippen molar-refractivity contribution in [2.45, 2.75) is 0 Å². The lowest BCUT2D eigenvalue weighted by Crippen LogP contribution is -2.12. The van der Waals surface area contributed by atoms with Crippen molar-refractivity contribution in [3.05, 3.63) is 102 Å². The van der Waals surface area contributed by atoms with Gasteiger partial charge in [-0.15, -0.1) is 0 Å². The highest BCUT2D eigenvalue weighted by Gasteiger charge is 2.18. The molecular weight excluding hydrogens is 358 g/mol. The second-order valence-electron chi connectivity index (χ2n) is 6.00. The van der Waals surface area contributed by atoms with Gasteiger partial charge in [0.05, 0.1) is 11.3 Å². The molecule has 0 saturated carbocycles. The summed E-state index contributed by atoms with van der Waals surface area (Å²) >= 11 is 5.92. The molecule has 0 aliphatic heterocycles. The number of rotatable bonds is 4. The van der Waals surface area contributed by atoms with Gasteiger partial charge in [-0.3, -0.25) is 4.79 Å². The lowest BCUT2D eigenvalue weighted by molar-refractivity contribution is 0.102. The number of halogens is 1. The molecule has 0 fully saturated rings. The highest BCUT2D eigenvalue weighted by molar-refractivity contribution is 6.30. The molecule has 4 nitrogen and oxygen atoms in total. The predicted octanol–water partition coefficient (Wildman–Crippen LogP) is 5.45. The van der Waals surface area contributed by atoms with E-state index < -0.39 is 0 Å². The number of nitrogens with one attached hydrogen (secondary N) is 1. The summed E-state index contributed by atoms with van der Waals surface area (Å²) in [5, 5.41) is 8.19. The molecule has 132 valence electrons. The summed E-state index contributed by atoms with van der Waals surface area (Å²) in [6.45, 7) is 0. The molecule has 0 radical (unpaired) electrons. The summed E-state index contributed by atoms with van der Waals surface area (Å²) in [5.74, 6) is -0.224. The fourth-order valence-corrected chi connectivity index (χ4v) is 2.92. The molecule has 1 aromatic heterocycles. The Morgan fingerprint density at radius 2 is 1.48 bits per heavy atom. The lowest BCUT2D eigenvalue weighted by Gasteiger charge is -2.05. The fraction of sp³-hybridized carbons (Fsp3) is 0. The molecule has 0 atom stereocenters. The first-order valence-corrected chi connectivity index (χ1v) is 8.86. The van der Waals surface area contributed by atoms with E-state index in [2.05, 4.69) is 10.4 Å². The fourth-order valence-electron chi connectivity index (χ4n) is 2.79. The van der Waals surface area contributed by atoms with Crippen LogP contribution in [-0.2, 0) is 0 Å². The summed E-state index contributed by atoms with van der Waals surface area (Å²) in [7, 11) is 0. The first kappa shape index (κ1) is 17.1. The van der Waals surface area contributed by atoms with Crippen LogP contribution in [-0.4, -0.2) is 15.7 Å². The van der Waals surface area contributed by atoms with Crippen LogP contribution in [0.3, 0.4) is 0 Å². The van der Waals surface area contributed by atoms with Gasteiger partial charge in [-0.2, -0.15) is 5.10 Å². The van der Waals surface area contributed by atoms with E-state index in [4.69, 9.17) is 11.6 Å². The minimum Gasteiger partial charge on any atom is -0.322 e. The average Bonchev–Trinajstić information content (AvgIpc) is 3.17. The zero-order valence-electron chi connectivity index (χ0n) is 14.3. The normalized spacial score (nSPS) is 10.6. The van der Waals surface area contributed by atoms with Crippen LogP contribution < -0.4 is 5.32 Å². The van der Waals surface area contributed by atoms with E-state index in [1.165, 1.54) is 0 Å². The molecule has 4 rings (SSSR count). The number of carbonyl (C=O) groups is 1. The number of hydrogen-bond acceptors (Lipinski definition) is 2. The van der Waals surface area contributed by atoms with Gasteiger partial charge in [0.25, 0.3) is 5.91 Å². The number of benzene rings is 3. The van der Waals surface area contributed by atoms with Crippen LogP contribution in [0.4, 0.5) is 5.69 Å². The monoisotopic (exact) mass is 373 g/mol. The molecule has 0 aliphatic rings. The largest absolute Gasteiger partial charge is 0.322 e. The van der Waals surface area contributed by atoms with E-state index in [9.17, 15) is 4.79 Å². The standard InChI is InChI=1S/C22H16ClN3O/c23-17-11-13-18(14-12-17)24-22(27)20-15-26(19-9-5-2-6-10-19)25-21(20)16-7-3-1-4-8-16/h1-15H,(H,24,27). The van der Waals surface area contributed by atoms with Crippen LogP contribution in [0.5, 0.6) is 0 Å². The third kappa shape index (κ3) is 3.76. The molecule has 1 N–H and O–H groups in total. The van der Waals surface area contributed by atoms with E-state index in [1.54, 1.807) is 35.1 Å². The Kier molecular flexibility index (Phi) is 4.73. The van der Waals surface area contributed by atoms with Gasteiger partial charge in [0.1, 0.15) is 5.69 Å². The van der Waals surface area contributed by atoms with Crippen molar-refractivity contribution >= 4 is 23.2 Å². The Balaban J connectivity index is 1.74. The molecule has 1 amide bonds. The van der Waals surface area contributed by atoms with E-state index >= 15 is 0 Å². The Morgan fingerprint density at radius 3 is 2.15 bits per heavy atom. The summed E-state index contributed by atoms with van der Waals surface area (Å²) in [4.78, 5) is 12.9. The summed E-state index contributed by atoms with van der Waals surface area (Å²) in [6, 6.07) is 26.4. The van der Waals surface area contributed by atoms with Crippen molar-refractivity contribution in [3.63, 3.8) is 0 Å². The smallest absolute Gasteiger partial charge is 0.259 e. The SMILES string of the molecule is O=C(Nc1ccc(Cl)cc1)c1cn(-c2ccccc2)nc1-c1ccccc1. The van der Waals surface area contributed by atoms with E-state index in [-0.39, 0.29) is 5.91 Å². The molecule has 5 heteroatoms. The zero-order chi connectivity index (χ0) is 18.6.